The maximum Gasteiger partial charge on any atom is 0.0815 e. The lowest BCUT2D eigenvalue weighted by Crippen LogP contribution is -2.13. The van der Waals surface area contributed by atoms with Crippen LogP contribution in [0, 0.1) is 0 Å². The van der Waals surface area contributed by atoms with Gasteiger partial charge in [-0.15, -0.1) is 0 Å². The van der Waals surface area contributed by atoms with E-state index in [-0.39, 0.29) is 0 Å². The molecule has 1 N–H and O–H groups in total. The molecule has 106 valence electrons. The first-order chi connectivity index (χ1) is 9.81. The molecule has 1 aliphatic rings. The molecular formula is C16H20ClN3. The van der Waals surface area contributed by atoms with Crippen molar-refractivity contribution in [3.63, 3.8) is 0 Å². The topological polar surface area (TPSA) is 29.9 Å². The summed E-state index contributed by atoms with van der Waals surface area (Å²) >= 11 is 5.87. The predicted molar refractivity (Wildman–Crippen MR) is 83.1 cm³/mol. The zero-order valence-electron chi connectivity index (χ0n) is 11.6. The maximum atomic E-state index is 5.87. The first-order valence-electron chi connectivity index (χ1n) is 7.35. The summed E-state index contributed by atoms with van der Waals surface area (Å²) < 4.78 is 2.15. The van der Waals surface area contributed by atoms with E-state index in [4.69, 9.17) is 16.7 Å². The highest BCUT2D eigenvalue weighted by Crippen LogP contribution is 2.27. The molecule has 1 saturated carbocycles. The van der Waals surface area contributed by atoms with Crippen molar-refractivity contribution >= 4 is 17.3 Å². The molecule has 3 nitrogen and oxygen atoms in total. The van der Waals surface area contributed by atoms with Gasteiger partial charge in [0.1, 0.15) is 0 Å². The predicted octanol–water partition coefficient (Wildman–Crippen LogP) is 4.65. The Bertz CT molecular complexity index is 541. The molecule has 0 unspecified atom stereocenters. The van der Waals surface area contributed by atoms with E-state index in [9.17, 15) is 0 Å². The summed E-state index contributed by atoms with van der Waals surface area (Å²) in [6, 6.07) is 10.5. The number of nitrogens with one attached hydrogen (secondary N) is 1. The minimum Gasteiger partial charge on any atom is -0.379 e. The fourth-order valence-electron chi connectivity index (χ4n) is 2.78. The second-order valence-corrected chi connectivity index (χ2v) is 5.88. The van der Waals surface area contributed by atoms with Crippen LogP contribution < -0.4 is 5.32 Å². The number of nitrogens with zero attached hydrogens (tertiary/aromatic N) is 2. The van der Waals surface area contributed by atoms with Gasteiger partial charge in [-0.1, -0.05) is 30.9 Å². The van der Waals surface area contributed by atoms with Crippen LogP contribution in [0.4, 0.5) is 5.69 Å². The summed E-state index contributed by atoms with van der Waals surface area (Å²) in [5.41, 5.74) is 2.16. The van der Waals surface area contributed by atoms with E-state index in [0.717, 1.165) is 22.9 Å². The summed E-state index contributed by atoms with van der Waals surface area (Å²) in [6.07, 6.45) is 8.71. The molecule has 4 heteroatoms. The molecule has 1 aromatic heterocycles. The number of hydrogen-bond acceptors (Lipinski definition) is 2. The number of hydrogen-bond donors (Lipinski definition) is 1. The van der Waals surface area contributed by atoms with Gasteiger partial charge in [-0.3, -0.25) is 4.68 Å². The summed E-state index contributed by atoms with van der Waals surface area (Å²) in [5.74, 6) is 0. The highest BCUT2D eigenvalue weighted by atomic mass is 35.5. The standard InChI is InChI=1S/C16H20ClN3/c17-13-6-8-14(9-7-13)18-12-15-10-11-20(19-15)16-4-2-1-3-5-16/h6-11,16,18H,1-5,12H2. The van der Waals surface area contributed by atoms with Crippen molar-refractivity contribution in [1.82, 2.24) is 9.78 Å². The Kier molecular flexibility index (Phi) is 4.26. The van der Waals surface area contributed by atoms with Gasteiger partial charge in [0.25, 0.3) is 0 Å². The molecule has 2 aromatic rings. The monoisotopic (exact) mass is 289 g/mol. The van der Waals surface area contributed by atoms with E-state index in [1.807, 2.05) is 24.3 Å². The average Bonchev–Trinajstić information content (AvgIpc) is 2.97. The van der Waals surface area contributed by atoms with E-state index in [1.165, 1.54) is 32.1 Å². The Morgan fingerprint density at radius 2 is 1.85 bits per heavy atom. The van der Waals surface area contributed by atoms with Gasteiger partial charge < -0.3 is 5.32 Å². The molecule has 0 radical (unpaired) electrons. The van der Waals surface area contributed by atoms with Crippen molar-refractivity contribution in [2.75, 3.05) is 5.32 Å². The van der Waals surface area contributed by atoms with Crippen LogP contribution in [-0.2, 0) is 6.54 Å². The third kappa shape index (κ3) is 3.34. The van der Waals surface area contributed by atoms with Crippen molar-refractivity contribution in [1.29, 1.82) is 0 Å². The maximum absolute atomic E-state index is 5.87. The highest BCUT2D eigenvalue weighted by Gasteiger charge is 2.15. The van der Waals surface area contributed by atoms with Crippen LogP contribution in [0.3, 0.4) is 0 Å². The fourth-order valence-corrected chi connectivity index (χ4v) is 2.91. The summed E-state index contributed by atoms with van der Waals surface area (Å²) in [5, 5.41) is 8.83. The molecule has 1 fully saturated rings. The zero-order chi connectivity index (χ0) is 13.8. The number of anilines is 1. The molecule has 0 saturated heterocycles. The fraction of sp³-hybridized carbons (Fsp3) is 0.438. The lowest BCUT2D eigenvalue weighted by atomic mass is 9.96. The number of benzene rings is 1. The van der Waals surface area contributed by atoms with Crippen molar-refractivity contribution in [3.8, 4) is 0 Å². The summed E-state index contributed by atoms with van der Waals surface area (Å²) in [7, 11) is 0. The third-order valence-corrected chi connectivity index (χ3v) is 4.18. The van der Waals surface area contributed by atoms with Crippen molar-refractivity contribution in [2.45, 2.75) is 44.7 Å². The molecule has 0 aliphatic heterocycles. The van der Waals surface area contributed by atoms with Crippen LogP contribution in [0.5, 0.6) is 0 Å². The first-order valence-corrected chi connectivity index (χ1v) is 7.72. The lowest BCUT2D eigenvalue weighted by molar-refractivity contribution is 0.328. The number of aromatic nitrogens is 2. The van der Waals surface area contributed by atoms with Crippen LogP contribution in [-0.4, -0.2) is 9.78 Å². The molecular weight excluding hydrogens is 270 g/mol. The van der Waals surface area contributed by atoms with Crippen LogP contribution in [0.1, 0.15) is 43.8 Å². The van der Waals surface area contributed by atoms with Gasteiger partial charge in [-0.25, -0.2) is 0 Å². The highest BCUT2D eigenvalue weighted by molar-refractivity contribution is 6.30. The van der Waals surface area contributed by atoms with Crippen LogP contribution in [0.25, 0.3) is 0 Å². The molecule has 3 rings (SSSR count). The lowest BCUT2D eigenvalue weighted by Gasteiger charge is -2.21. The molecule has 1 aromatic carbocycles. The quantitative estimate of drug-likeness (QED) is 0.887. The Hall–Kier alpha value is -1.48. The SMILES string of the molecule is Clc1ccc(NCc2ccn(C3CCCCC3)n2)cc1. The molecule has 0 spiro atoms. The molecule has 0 bridgehead atoms. The Balaban J connectivity index is 1.58. The second-order valence-electron chi connectivity index (χ2n) is 5.44. The van der Waals surface area contributed by atoms with E-state index >= 15 is 0 Å². The molecule has 1 heterocycles. The molecule has 0 amide bonds. The minimum absolute atomic E-state index is 0.605. The summed E-state index contributed by atoms with van der Waals surface area (Å²) in [6.45, 7) is 0.751. The van der Waals surface area contributed by atoms with E-state index in [2.05, 4.69) is 22.3 Å². The van der Waals surface area contributed by atoms with Gasteiger partial charge in [0.15, 0.2) is 0 Å². The Labute approximate surface area is 124 Å². The van der Waals surface area contributed by atoms with Gasteiger partial charge in [-0.2, -0.15) is 5.10 Å². The normalized spacial score (nSPS) is 16.2. The van der Waals surface area contributed by atoms with Crippen LogP contribution in [0.2, 0.25) is 5.02 Å². The molecule has 0 atom stereocenters. The van der Waals surface area contributed by atoms with Gasteiger partial charge >= 0.3 is 0 Å². The minimum atomic E-state index is 0.605. The largest absolute Gasteiger partial charge is 0.379 e. The number of halogens is 1. The first kappa shape index (κ1) is 13.5. The average molecular weight is 290 g/mol. The number of rotatable bonds is 4. The molecule has 1 aliphatic carbocycles. The van der Waals surface area contributed by atoms with E-state index < -0.39 is 0 Å². The Morgan fingerprint density at radius 3 is 2.60 bits per heavy atom. The molecule has 20 heavy (non-hydrogen) atoms. The van der Waals surface area contributed by atoms with E-state index in [0.29, 0.717) is 6.04 Å². The smallest absolute Gasteiger partial charge is 0.0815 e. The van der Waals surface area contributed by atoms with E-state index in [1.54, 1.807) is 0 Å². The zero-order valence-corrected chi connectivity index (χ0v) is 12.3. The van der Waals surface area contributed by atoms with Gasteiger partial charge in [0, 0.05) is 16.9 Å². The van der Waals surface area contributed by atoms with Gasteiger partial charge in [0.2, 0.25) is 0 Å². The van der Waals surface area contributed by atoms with Crippen molar-refractivity contribution in [3.05, 3.63) is 47.2 Å². The Morgan fingerprint density at radius 1 is 1.10 bits per heavy atom. The van der Waals surface area contributed by atoms with Crippen molar-refractivity contribution in [2.24, 2.45) is 0 Å². The van der Waals surface area contributed by atoms with Crippen LogP contribution >= 0.6 is 11.6 Å². The third-order valence-electron chi connectivity index (χ3n) is 3.93. The second kappa shape index (κ2) is 6.31. The summed E-state index contributed by atoms with van der Waals surface area (Å²) in [4.78, 5) is 0. The van der Waals surface area contributed by atoms with Crippen molar-refractivity contribution < 1.29 is 0 Å². The van der Waals surface area contributed by atoms with Gasteiger partial charge in [0.05, 0.1) is 18.3 Å². The van der Waals surface area contributed by atoms with Crippen LogP contribution in [0.15, 0.2) is 36.5 Å². The van der Waals surface area contributed by atoms with Gasteiger partial charge in [-0.05, 0) is 43.2 Å².